The van der Waals surface area contributed by atoms with Gasteiger partial charge < -0.3 is 0 Å². The first-order valence-electron chi connectivity index (χ1n) is 3.84. The van der Waals surface area contributed by atoms with E-state index in [1.807, 2.05) is 11.8 Å². The Bertz CT molecular complexity index is 209. The van der Waals surface area contributed by atoms with Gasteiger partial charge in [0.1, 0.15) is 11.6 Å². The van der Waals surface area contributed by atoms with Crippen molar-refractivity contribution in [1.82, 2.24) is 15.2 Å². The molecule has 62 valence electrons. The summed E-state index contributed by atoms with van der Waals surface area (Å²) in [4.78, 5) is 4.28. The highest BCUT2D eigenvalue weighted by Crippen LogP contribution is 2.06. The molecule has 0 amide bonds. The van der Waals surface area contributed by atoms with Crippen LogP contribution >= 0.6 is 11.8 Å². The zero-order chi connectivity index (χ0) is 8.10. The Hall–Kier alpha value is -0.510. The fourth-order valence-corrected chi connectivity index (χ4v) is 1.28. The summed E-state index contributed by atoms with van der Waals surface area (Å²) in [6, 6.07) is 0. The van der Waals surface area contributed by atoms with E-state index in [0.29, 0.717) is 0 Å². The second-order valence-corrected chi connectivity index (χ2v) is 3.46. The average molecular weight is 171 g/mol. The van der Waals surface area contributed by atoms with Crippen LogP contribution in [0.1, 0.15) is 25.5 Å². The first kappa shape index (κ1) is 8.59. The molecular weight excluding hydrogens is 158 g/mol. The maximum atomic E-state index is 4.28. The van der Waals surface area contributed by atoms with Crippen LogP contribution in [-0.4, -0.2) is 20.9 Å². The highest BCUT2D eigenvalue weighted by Gasteiger charge is 1.98. The van der Waals surface area contributed by atoms with Crippen LogP contribution in [0.15, 0.2) is 0 Å². The molecule has 1 rings (SSSR count). The van der Waals surface area contributed by atoms with E-state index in [1.165, 1.54) is 0 Å². The minimum atomic E-state index is 0.910. The molecule has 0 aliphatic carbocycles. The molecule has 0 bridgehead atoms. The van der Waals surface area contributed by atoms with Crippen LogP contribution in [0.5, 0.6) is 0 Å². The fraction of sp³-hybridized carbons (Fsp3) is 0.714. The predicted molar refractivity (Wildman–Crippen MR) is 47.6 cm³/mol. The van der Waals surface area contributed by atoms with Crippen LogP contribution in [0.25, 0.3) is 0 Å². The van der Waals surface area contributed by atoms with Gasteiger partial charge in [0.2, 0.25) is 0 Å². The van der Waals surface area contributed by atoms with E-state index in [4.69, 9.17) is 0 Å². The summed E-state index contributed by atoms with van der Waals surface area (Å²) in [5.41, 5.74) is 0. The highest BCUT2D eigenvalue weighted by atomic mass is 32.2. The van der Waals surface area contributed by atoms with Gasteiger partial charge in [0, 0.05) is 6.42 Å². The van der Waals surface area contributed by atoms with Crippen LogP contribution in [0.4, 0.5) is 0 Å². The van der Waals surface area contributed by atoms with Gasteiger partial charge in [-0.3, -0.25) is 5.10 Å². The van der Waals surface area contributed by atoms with Crippen molar-refractivity contribution >= 4 is 11.8 Å². The maximum absolute atomic E-state index is 4.28. The molecule has 0 aliphatic heterocycles. The zero-order valence-corrected chi connectivity index (χ0v) is 7.74. The molecule has 0 unspecified atom stereocenters. The lowest BCUT2D eigenvalue weighted by molar-refractivity contribution is 0.945. The number of aryl methyl sites for hydroxylation is 1. The van der Waals surface area contributed by atoms with Gasteiger partial charge in [0.15, 0.2) is 0 Å². The van der Waals surface area contributed by atoms with Gasteiger partial charge in [-0.25, -0.2) is 4.98 Å². The second-order valence-electron chi connectivity index (χ2n) is 2.19. The molecule has 4 heteroatoms. The lowest BCUT2D eigenvalue weighted by atomic mass is 10.5. The van der Waals surface area contributed by atoms with Crippen LogP contribution < -0.4 is 0 Å². The van der Waals surface area contributed by atoms with E-state index in [0.717, 1.165) is 29.6 Å². The van der Waals surface area contributed by atoms with Gasteiger partial charge in [-0.05, 0) is 5.75 Å². The molecule has 0 fully saturated rings. The molecular formula is C7H13N3S. The standard InChI is InChI=1S/C7H13N3S/c1-3-6-8-7(10-9-6)5-11-4-2/h3-5H2,1-2H3,(H,8,9,10). The third-order valence-corrected chi connectivity index (χ3v) is 2.22. The molecule has 0 saturated carbocycles. The van der Waals surface area contributed by atoms with E-state index < -0.39 is 0 Å². The van der Waals surface area contributed by atoms with Gasteiger partial charge in [-0.2, -0.15) is 16.9 Å². The van der Waals surface area contributed by atoms with Gasteiger partial charge in [0.05, 0.1) is 5.75 Å². The molecule has 0 radical (unpaired) electrons. The van der Waals surface area contributed by atoms with Gasteiger partial charge >= 0.3 is 0 Å². The topological polar surface area (TPSA) is 41.6 Å². The minimum absolute atomic E-state index is 0.910. The van der Waals surface area contributed by atoms with Crippen molar-refractivity contribution in [3.8, 4) is 0 Å². The third-order valence-electron chi connectivity index (χ3n) is 1.34. The van der Waals surface area contributed by atoms with Crippen molar-refractivity contribution < 1.29 is 0 Å². The van der Waals surface area contributed by atoms with Crippen molar-refractivity contribution in [2.45, 2.75) is 26.0 Å². The van der Waals surface area contributed by atoms with Crippen molar-refractivity contribution in [1.29, 1.82) is 0 Å². The lowest BCUT2D eigenvalue weighted by Gasteiger charge is -1.90. The lowest BCUT2D eigenvalue weighted by Crippen LogP contribution is -1.84. The number of rotatable bonds is 4. The molecule has 0 spiro atoms. The van der Waals surface area contributed by atoms with E-state index in [-0.39, 0.29) is 0 Å². The summed E-state index contributed by atoms with van der Waals surface area (Å²) in [7, 11) is 0. The number of hydrogen-bond acceptors (Lipinski definition) is 3. The largest absolute Gasteiger partial charge is 0.262 e. The average Bonchev–Trinajstić information content (AvgIpc) is 2.48. The Labute approximate surface area is 71.0 Å². The second kappa shape index (κ2) is 4.38. The summed E-state index contributed by atoms with van der Waals surface area (Å²) in [6.07, 6.45) is 0.910. The molecule has 0 saturated heterocycles. The number of nitrogens with zero attached hydrogens (tertiary/aromatic N) is 2. The molecule has 0 aliphatic rings. The minimum Gasteiger partial charge on any atom is -0.262 e. The molecule has 1 aromatic rings. The summed E-state index contributed by atoms with van der Waals surface area (Å²) in [5, 5.41) is 6.95. The van der Waals surface area contributed by atoms with E-state index >= 15 is 0 Å². The highest BCUT2D eigenvalue weighted by molar-refractivity contribution is 7.98. The van der Waals surface area contributed by atoms with Crippen molar-refractivity contribution in [3.63, 3.8) is 0 Å². The molecule has 0 atom stereocenters. The van der Waals surface area contributed by atoms with E-state index in [2.05, 4.69) is 29.0 Å². The Morgan fingerprint density at radius 1 is 1.45 bits per heavy atom. The smallest absolute Gasteiger partial charge is 0.150 e. The summed E-state index contributed by atoms with van der Waals surface area (Å²) in [5.74, 6) is 3.98. The number of hydrogen-bond donors (Lipinski definition) is 1. The first-order valence-corrected chi connectivity index (χ1v) is 5.00. The van der Waals surface area contributed by atoms with Crippen molar-refractivity contribution in [2.24, 2.45) is 0 Å². The van der Waals surface area contributed by atoms with Gasteiger partial charge in [-0.15, -0.1) is 0 Å². The quantitative estimate of drug-likeness (QED) is 0.748. The van der Waals surface area contributed by atoms with Gasteiger partial charge in [-0.1, -0.05) is 13.8 Å². The van der Waals surface area contributed by atoms with Gasteiger partial charge in [0.25, 0.3) is 0 Å². The first-order chi connectivity index (χ1) is 5.36. The Balaban J connectivity index is 2.44. The molecule has 0 aromatic carbocycles. The van der Waals surface area contributed by atoms with Crippen LogP contribution in [0, 0.1) is 0 Å². The van der Waals surface area contributed by atoms with Crippen molar-refractivity contribution in [3.05, 3.63) is 11.6 Å². The molecule has 1 heterocycles. The Morgan fingerprint density at radius 3 is 2.82 bits per heavy atom. The van der Waals surface area contributed by atoms with Crippen LogP contribution in [0.2, 0.25) is 0 Å². The molecule has 3 nitrogen and oxygen atoms in total. The SMILES string of the molecule is CCSCc1nc(CC)n[nH]1. The number of aromatic amines is 1. The number of thioether (sulfide) groups is 1. The zero-order valence-electron chi connectivity index (χ0n) is 6.92. The Kier molecular flexibility index (Phi) is 3.42. The molecule has 11 heavy (non-hydrogen) atoms. The number of aromatic nitrogens is 3. The normalized spacial score (nSPS) is 10.4. The molecule has 1 N–H and O–H groups in total. The third kappa shape index (κ3) is 2.54. The molecule has 1 aromatic heterocycles. The maximum Gasteiger partial charge on any atom is 0.150 e. The number of nitrogens with one attached hydrogen (secondary N) is 1. The van der Waals surface area contributed by atoms with E-state index in [1.54, 1.807) is 0 Å². The number of H-pyrrole nitrogens is 1. The van der Waals surface area contributed by atoms with Crippen molar-refractivity contribution in [2.75, 3.05) is 5.75 Å². The Morgan fingerprint density at radius 2 is 2.27 bits per heavy atom. The van der Waals surface area contributed by atoms with E-state index in [9.17, 15) is 0 Å². The predicted octanol–water partition coefficient (Wildman–Crippen LogP) is 1.62. The monoisotopic (exact) mass is 171 g/mol. The summed E-state index contributed by atoms with van der Waals surface area (Å²) < 4.78 is 0. The van der Waals surface area contributed by atoms with Crippen LogP contribution in [0.3, 0.4) is 0 Å². The summed E-state index contributed by atoms with van der Waals surface area (Å²) >= 11 is 1.85. The van der Waals surface area contributed by atoms with Crippen LogP contribution in [-0.2, 0) is 12.2 Å². The fourth-order valence-electron chi connectivity index (χ4n) is 0.756. The summed E-state index contributed by atoms with van der Waals surface area (Å²) in [6.45, 7) is 4.20.